The zero-order valence-electron chi connectivity index (χ0n) is 16.2. The molecule has 0 atom stereocenters. The van der Waals surface area contributed by atoms with Crippen molar-refractivity contribution >= 4 is 32.9 Å². The second-order valence-corrected chi connectivity index (χ2v) is 10.5. The SMILES string of the molecule is Cc1nc(-c2ccc3c(c2)CCN3c2ccc(S(=O)(=O)N3CCCC3)cn2)cs1. The van der Waals surface area contributed by atoms with Gasteiger partial charge in [-0.05, 0) is 56.0 Å². The summed E-state index contributed by atoms with van der Waals surface area (Å²) in [6.45, 7) is 4.05. The fourth-order valence-corrected chi connectivity index (χ4v) is 6.14. The number of thiazole rings is 1. The lowest BCUT2D eigenvalue weighted by Crippen LogP contribution is -2.28. The van der Waals surface area contributed by atoms with E-state index >= 15 is 0 Å². The Bertz CT molecular complexity index is 1150. The zero-order chi connectivity index (χ0) is 20.0. The zero-order valence-corrected chi connectivity index (χ0v) is 17.8. The predicted octanol–water partition coefficient (Wildman–Crippen LogP) is 3.99. The maximum Gasteiger partial charge on any atom is 0.244 e. The quantitative estimate of drug-likeness (QED) is 0.631. The molecule has 3 aromatic rings. The Labute approximate surface area is 174 Å². The van der Waals surface area contributed by atoms with Gasteiger partial charge in [0.05, 0.1) is 10.7 Å². The minimum absolute atomic E-state index is 0.275. The maximum absolute atomic E-state index is 12.7. The molecule has 0 aliphatic carbocycles. The van der Waals surface area contributed by atoms with Gasteiger partial charge < -0.3 is 4.90 Å². The second-order valence-electron chi connectivity index (χ2n) is 7.46. The lowest BCUT2D eigenvalue weighted by atomic mass is 10.1. The van der Waals surface area contributed by atoms with Gasteiger partial charge in [0.1, 0.15) is 10.7 Å². The van der Waals surface area contributed by atoms with Crippen molar-refractivity contribution in [2.24, 2.45) is 0 Å². The number of nitrogens with zero attached hydrogens (tertiary/aromatic N) is 4. The maximum atomic E-state index is 12.7. The van der Waals surface area contributed by atoms with Crippen molar-refractivity contribution in [3.63, 3.8) is 0 Å². The molecule has 4 heterocycles. The Morgan fingerprint density at radius 1 is 1.07 bits per heavy atom. The fourth-order valence-electron chi connectivity index (χ4n) is 4.06. The minimum Gasteiger partial charge on any atom is -0.326 e. The molecule has 2 aliphatic rings. The topological polar surface area (TPSA) is 66.4 Å². The van der Waals surface area contributed by atoms with Crippen LogP contribution < -0.4 is 4.90 Å². The number of fused-ring (bicyclic) bond motifs is 1. The molecule has 0 bridgehead atoms. The average Bonchev–Trinajstić information content (AvgIpc) is 3.48. The summed E-state index contributed by atoms with van der Waals surface area (Å²) in [5.74, 6) is 0.779. The predicted molar refractivity (Wildman–Crippen MR) is 115 cm³/mol. The Morgan fingerprint density at radius 2 is 1.90 bits per heavy atom. The van der Waals surface area contributed by atoms with E-state index in [1.807, 2.05) is 13.0 Å². The molecule has 0 radical (unpaired) electrons. The molecular formula is C21H22N4O2S2. The molecule has 2 aromatic heterocycles. The van der Waals surface area contributed by atoms with Crippen LogP contribution in [0, 0.1) is 6.92 Å². The molecule has 1 saturated heterocycles. The average molecular weight is 427 g/mol. The highest BCUT2D eigenvalue weighted by atomic mass is 32.2. The molecule has 8 heteroatoms. The van der Waals surface area contributed by atoms with Crippen molar-refractivity contribution in [3.05, 3.63) is 52.5 Å². The standard InChI is InChI=1S/C21H22N4O2S2/c1-15-23-19(14-28-15)16-4-6-20-17(12-16)8-11-25(20)21-7-5-18(13-22-21)29(26,27)24-9-2-3-10-24/h4-7,12-14H,2-3,8-11H2,1H3. The normalized spacial score (nSPS) is 17.1. The van der Waals surface area contributed by atoms with E-state index < -0.39 is 10.0 Å². The van der Waals surface area contributed by atoms with Crippen LogP contribution in [0.25, 0.3) is 11.3 Å². The molecule has 0 unspecified atom stereocenters. The summed E-state index contributed by atoms with van der Waals surface area (Å²) in [5.41, 5.74) is 4.55. The molecule has 0 saturated carbocycles. The van der Waals surface area contributed by atoms with Crippen LogP contribution in [0.5, 0.6) is 0 Å². The summed E-state index contributed by atoms with van der Waals surface area (Å²) in [5, 5.41) is 3.15. The molecular weight excluding hydrogens is 404 g/mol. The van der Waals surface area contributed by atoms with E-state index in [9.17, 15) is 8.42 Å². The van der Waals surface area contributed by atoms with E-state index in [1.165, 1.54) is 11.8 Å². The number of benzene rings is 1. The van der Waals surface area contributed by atoms with Crippen molar-refractivity contribution in [2.75, 3.05) is 24.5 Å². The number of aryl methyl sites for hydroxylation is 1. The fraction of sp³-hybridized carbons (Fsp3) is 0.333. The van der Waals surface area contributed by atoms with Crippen LogP contribution in [0.1, 0.15) is 23.4 Å². The van der Waals surface area contributed by atoms with Gasteiger partial charge in [-0.2, -0.15) is 4.31 Å². The van der Waals surface area contributed by atoms with Crippen molar-refractivity contribution in [1.29, 1.82) is 0 Å². The Hall–Kier alpha value is -2.29. The first-order chi connectivity index (χ1) is 14.0. The summed E-state index contributed by atoms with van der Waals surface area (Å²) in [6.07, 6.45) is 4.28. The third-order valence-electron chi connectivity index (χ3n) is 5.59. The lowest BCUT2D eigenvalue weighted by Gasteiger charge is -2.20. The van der Waals surface area contributed by atoms with E-state index in [0.29, 0.717) is 13.1 Å². The molecule has 1 aromatic carbocycles. The highest BCUT2D eigenvalue weighted by Gasteiger charge is 2.28. The van der Waals surface area contributed by atoms with E-state index in [1.54, 1.807) is 21.7 Å². The molecule has 2 aliphatic heterocycles. The number of pyridine rings is 1. The van der Waals surface area contributed by atoms with Crippen LogP contribution in [-0.2, 0) is 16.4 Å². The summed E-state index contributed by atoms with van der Waals surface area (Å²) in [7, 11) is -3.43. The number of hydrogen-bond donors (Lipinski definition) is 0. The number of rotatable bonds is 4. The largest absolute Gasteiger partial charge is 0.326 e. The number of hydrogen-bond acceptors (Lipinski definition) is 6. The van der Waals surface area contributed by atoms with Gasteiger partial charge in [0, 0.05) is 42.5 Å². The van der Waals surface area contributed by atoms with E-state index in [0.717, 1.165) is 53.6 Å². The van der Waals surface area contributed by atoms with Crippen LogP contribution in [0.15, 0.2) is 46.8 Å². The first kappa shape index (κ1) is 18.7. The monoisotopic (exact) mass is 426 g/mol. The lowest BCUT2D eigenvalue weighted by molar-refractivity contribution is 0.477. The van der Waals surface area contributed by atoms with Gasteiger partial charge in [-0.25, -0.2) is 18.4 Å². The van der Waals surface area contributed by atoms with Gasteiger partial charge >= 0.3 is 0 Å². The first-order valence-corrected chi connectivity index (χ1v) is 12.1. The van der Waals surface area contributed by atoms with E-state index in [4.69, 9.17) is 0 Å². The highest BCUT2D eigenvalue weighted by molar-refractivity contribution is 7.89. The Balaban J connectivity index is 1.40. The van der Waals surface area contributed by atoms with Crippen LogP contribution in [0.4, 0.5) is 11.5 Å². The van der Waals surface area contributed by atoms with Gasteiger partial charge in [0.25, 0.3) is 0 Å². The molecule has 1 fully saturated rings. The third kappa shape index (κ3) is 3.35. The van der Waals surface area contributed by atoms with E-state index in [2.05, 4.69) is 38.4 Å². The van der Waals surface area contributed by atoms with Gasteiger partial charge in [0.15, 0.2) is 0 Å². The minimum atomic E-state index is -3.43. The van der Waals surface area contributed by atoms with Gasteiger partial charge in [0.2, 0.25) is 10.0 Å². The highest BCUT2D eigenvalue weighted by Crippen LogP contribution is 2.36. The van der Waals surface area contributed by atoms with Gasteiger partial charge in [-0.3, -0.25) is 0 Å². The summed E-state index contributed by atoms with van der Waals surface area (Å²) >= 11 is 1.66. The first-order valence-electron chi connectivity index (χ1n) is 9.81. The molecule has 0 amide bonds. The van der Waals surface area contributed by atoms with Crippen LogP contribution in [0.2, 0.25) is 0 Å². The van der Waals surface area contributed by atoms with Crippen molar-refractivity contribution in [1.82, 2.24) is 14.3 Å². The van der Waals surface area contributed by atoms with Crippen LogP contribution >= 0.6 is 11.3 Å². The summed E-state index contributed by atoms with van der Waals surface area (Å²) < 4.78 is 27.0. The second kappa shape index (κ2) is 7.19. The number of anilines is 2. The van der Waals surface area contributed by atoms with Crippen molar-refractivity contribution in [3.8, 4) is 11.3 Å². The summed E-state index contributed by atoms with van der Waals surface area (Å²) in [6, 6.07) is 9.91. The smallest absolute Gasteiger partial charge is 0.244 e. The van der Waals surface area contributed by atoms with Gasteiger partial charge in [-0.15, -0.1) is 11.3 Å². The van der Waals surface area contributed by atoms with Crippen LogP contribution in [-0.4, -0.2) is 42.3 Å². The molecule has 5 rings (SSSR count). The Morgan fingerprint density at radius 3 is 2.59 bits per heavy atom. The molecule has 6 nitrogen and oxygen atoms in total. The Kier molecular flexibility index (Phi) is 4.64. The number of aromatic nitrogens is 2. The molecule has 0 N–H and O–H groups in total. The molecule has 150 valence electrons. The summed E-state index contributed by atoms with van der Waals surface area (Å²) in [4.78, 5) is 11.5. The third-order valence-corrected chi connectivity index (χ3v) is 8.25. The number of sulfonamides is 1. The van der Waals surface area contributed by atoms with Crippen molar-refractivity contribution in [2.45, 2.75) is 31.1 Å². The van der Waals surface area contributed by atoms with Gasteiger partial charge in [-0.1, -0.05) is 6.07 Å². The van der Waals surface area contributed by atoms with E-state index in [-0.39, 0.29) is 4.90 Å². The molecule has 0 spiro atoms. The molecule has 29 heavy (non-hydrogen) atoms. The van der Waals surface area contributed by atoms with Crippen LogP contribution in [0.3, 0.4) is 0 Å². The van der Waals surface area contributed by atoms with Crippen molar-refractivity contribution < 1.29 is 8.42 Å².